The molecular formula is C7H3BrCl2FNO. The van der Waals surface area contributed by atoms with Crippen LogP contribution in [0, 0.1) is 5.82 Å². The molecule has 0 unspecified atom stereocenters. The highest BCUT2D eigenvalue weighted by Gasteiger charge is 2.18. The number of carbonyl (C=O) groups is 1. The van der Waals surface area contributed by atoms with E-state index in [2.05, 4.69) is 15.9 Å². The Kier molecular flexibility index (Phi) is 3.16. The minimum Gasteiger partial charge on any atom is -0.366 e. The molecule has 0 atom stereocenters. The van der Waals surface area contributed by atoms with Gasteiger partial charge >= 0.3 is 0 Å². The van der Waals surface area contributed by atoms with Crippen LogP contribution in [0.2, 0.25) is 10.0 Å². The van der Waals surface area contributed by atoms with Gasteiger partial charge in [-0.05, 0) is 22.0 Å². The number of hydrogen-bond donors (Lipinski definition) is 1. The molecule has 2 N–H and O–H groups in total. The van der Waals surface area contributed by atoms with Crippen LogP contribution in [0.1, 0.15) is 10.4 Å². The second-order valence-electron chi connectivity index (χ2n) is 2.21. The van der Waals surface area contributed by atoms with Crippen molar-refractivity contribution < 1.29 is 9.18 Å². The quantitative estimate of drug-likeness (QED) is 0.793. The van der Waals surface area contributed by atoms with E-state index < -0.39 is 11.7 Å². The normalized spacial score (nSPS) is 10.2. The van der Waals surface area contributed by atoms with Crippen LogP contribution in [0.25, 0.3) is 0 Å². The summed E-state index contributed by atoms with van der Waals surface area (Å²) >= 11 is 14.1. The van der Waals surface area contributed by atoms with Crippen LogP contribution in [0.3, 0.4) is 0 Å². The summed E-state index contributed by atoms with van der Waals surface area (Å²) < 4.78 is 13.2. The van der Waals surface area contributed by atoms with Gasteiger partial charge in [-0.1, -0.05) is 23.2 Å². The second kappa shape index (κ2) is 3.82. The fraction of sp³-hybridized carbons (Fsp3) is 0. The van der Waals surface area contributed by atoms with Gasteiger partial charge in [0.2, 0.25) is 0 Å². The highest BCUT2D eigenvalue weighted by molar-refractivity contribution is 9.10. The van der Waals surface area contributed by atoms with Gasteiger partial charge in [-0.15, -0.1) is 0 Å². The van der Waals surface area contributed by atoms with Gasteiger partial charge in [0, 0.05) is 4.47 Å². The lowest BCUT2D eigenvalue weighted by Crippen LogP contribution is -2.13. The van der Waals surface area contributed by atoms with Crippen molar-refractivity contribution in [3.63, 3.8) is 0 Å². The summed E-state index contributed by atoms with van der Waals surface area (Å²) in [6.07, 6.45) is 0. The zero-order chi connectivity index (χ0) is 10.2. The van der Waals surface area contributed by atoms with Gasteiger partial charge in [0.15, 0.2) is 0 Å². The Labute approximate surface area is 91.9 Å². The molecule has 6 heteroatoms. The Balaban J connectivity index is 3.56. The number of hydrogen-bond acceptors (Lipinski definition) is 1. The number of primary amides is 1. The van der Waals surface area contributed by atoms with Crippen LogP contribution in [-0.4, -0.2) is 5.91 Å². The molecule has 0 fully saturated rings. The first kappa shape index (κ1) is 10.8. The first-order valence-electron chi connectivity index (χ1n) is 3.08. The van der Waals surface area contributed by atoms with E-state index in [-0.39, 0.29) is 20.1 Å². The number of carbonyl (C=O) groups excluding carboxylic acids is 1. The van der Waals surface area contributed by atoms with Crippen molar-refractivity contribution in [2.75, 3.05) is 0 Å². The van der Waals surface area contributed by atoms with Crippen molar-refractivity contribution >= 4 is 45.0 Å². The maximum Gasteiger partial charge on any atom is 0.251 e. The maximum atomic E-state index is 13.0. The van der Waals surface area contributed by atoms with Crippen LogP contribution < -0.4 is 5.73 Å². The summed E-state index contributed by atoms with van der Waals surface area (Å²) in [5, 5.41) is -0.348. The van der Waals surface area contributed by atoms with Gasteiger partial charge in [0.1, 0.15) is 5.82 Å². The molecule has 70 valence electrons. The summed E-state index contributed by atoms with van der Waals surface area (Å²) in [6.45, 7) is 0. The molecule has 13 heavy (non-hydrogen) atoms. The summed E-state index contributed by atoms with van der Waals surface area (Å²) in [4.78, 5) is 10.8. The average Bonchev–Trinajstić information content (AvgIpc) is 2.01. The molecule has 0 bridgehead atoms. The third kappa shape index (κ3) is 1.95. The van der Waals surface area contributed by atoms with E-state index in [1.54, 1.807) is 0 Å². The highest BCUT2D eigenvalue weighted by Crippen LogP contribution is 2.33. The van der Waals surface area contributed by atoms with Crippen molar-refractivity contribution in [3.8, 4) is 0 Å². The van der Waals surface area contributed by atoms with E-state index in [0.29, 0.717) is 0 Å². The molecule has 0 aliphatic rings. The largest absolute Gasteiger partial charge is 0.366 e. The highest BCUT2D eigenvalue weighted by atomic mass is 79.9. The van der Waals surface area contributed by atoms with E-state index in [4.69, 9.17) is 28.9 Å². The van der Waals surface area contributed by atoms with Crippen LogP contribution >= 0.6 is 39.1 Å². The van der Waals surface area contributed by atoms with Crippen LogP contribution in [-0.2, 0) is 0 Å². The van der Waals surface area contributed by atoms with E-state index in [0.717, 1.165) is 6.07 Å². The monoisotopic (exact) mass is 285 g/mol. The molecule has 2 nitrogen and oxygen atoms in total. The lowest BCUT2D eigenvalue weighted by Gasteiger charge is -2.05. The predicted molar refractivity (Wildman–Crippen MR) is 52.6 cm³/mol. The molecule has 0 spiro atoms. The summed E-state index contributed by atoms with van der Waals surface area (Å²) in [5.41, 5.74) is 4.75. The number of benzene rings is 1. The third-order valence-electron chi connectivity index (χ3n) is 1.36. The van der Waals surface area contributed by atoms with Gasteiger partial charge in [0.25, 0.3) is 5.91 Å². The van der Waals surface area contributed by atoms with Crippen LogP contribution in [0.5, 0.6) is 0 Å². The Hall–Kier alpha value is -0.320. The van der Waals surface area contributed by atoms with Gasteiger partial charge in [0.05, 0.1) is 15.6 Å². The molecule has 0 saturated carbocycles. The van der Waals surface area contributed by atoms with E-state index in [1.807, 2.05) is 0 Å². The maximum absolute atomic E-state index is 13.0. The molecule has 1 rings (SSSR count). The zero-order valence-electron chi connectivity index (χ0n) is 6.07. The molecule has 0 aliphatic carbocycles. The van der Waals surface area contributed by atoms with Gasteiger partial charge in [-0.3, -0.25) is 4.79 Å². The fourth-order valence-electron chi connectivity index (χ4n) is 0.789. The molecule has 0 aromatic heterocycles. The first-order chi connectivity index (χ1) is 5.95. The van der Waals surface area contributed by atoms with Crippen LogP contribution in [0.15, 0.2) is 10.5 Å². The second-order valence-corrected chi connectivity index (χ2v) is 3.82. The zero-order valence-corrected chi connectivity index (χ0v) is 9.17. The van der Waals surface area contributed by atoms with Crippen LogP contribution in [0.4, 0.5) is 4.39 Å². The fourth-order valence-corrected chi connectivity index (χ4v) is 1.72. The van der Waals surface area contributed by atoms with Gasteiger partial charge in [-0.2, -0.15) is 0 Å². The lowest BCUT2D eigenvalue weighted by atomic mass is 10.2. The minimum atomic E-state index is -0.866. The van der Waals surface area contributed by atoms with Crippen molar-refractivity contribution in [2.24, 2.45) is 5.73 Å². The number of rotatable bonds is 1. The third-order valence-corrected chi connectivity index (χ3v) is 2.97. The smallest absolute Gasteiger partial charge is 0.251 e. The molecule has 0 radical (unpaired) electrons. The topological polar surface area (TPSA) is 43.1 Å². The molecule has 0 saturated heterocycles. The summed E-state index contributed by atoms with van der Waals surface area (Å²) in [7, 11) is 0. The minimum absolute atomic E-state index is 0.0129. The predicted octanol–water partition coefficient (Wildman–Crippen LogP) is 2.99. The SMILES string of the molecule is NC(=O)c1c(Cl)c(F)cc(Br)c1Cl. The molecule has 0 aliphatic heterocycles. The lowest BCUT2D eigenvalue weighted by molar-refractivity contribution is 0.1000. The van der Waals surface area contributed by atoms with Crippen molar-refractivity contribution in [2.45, 2.75) is 0 Å². The van der Waals surface area contributed by atoms with E-state index in [9.17, 15) is 9.18 Å². The molecule has 1 aromatic carbocycles. The Morgan fingerprint density at radius 1 is 1.46 bits per heavy atom. The molecule has 0 heterocycles. The first-order valence-corrected chi connectivity index (χ1v) is 4.63. The number of nitrogens with two attached hydrogens (primary N) is 1. The number of amides is 1. The van der Waals surface area contributed by atoms with Crippen molar-refractivity contribution in [3.05, 3.63) is 32.0 Å². The standard InChI is InChI=1S/C7H3BrCl2FNO/c8-2-1-3(11)6(10)4(5(2)9)7(12)13/h1H,(H2,12,13). The van der Waals surface area contributed by atoms with Crippen molar-refractivity contribution in [1.82, 2.24) is 0 Å². The summed E-state index contributed by atoms with van der Waals surface area (Å²) in [6, 6.07) is 1.07. The Bertz CT molecular complexity index is 357. The number of halogens is 4. The van der Waals surface area contributed by atoms with Gasteiger partial charge in [-0.25, -0.2) is 4.39 Å². The van der Waals surface area contributed by atoms with Crippen molar-refractivity contribution in [1.29, 1.82) is 0 Å². The summed E-state index contributed by atoms with van der Waals surface area (Å²) in [5.74, 6) is -1.61. The molecule has 1 aromatic rings. The Morgan fingerprint density at radius 2 is 2.00 bits per heavy atom. The van der Waals surface area contributed by atoms with Gasteiger partial charge < -0.3 is 5.73 Å². The molecule has 1 amide bonds. The van der Waals surface area contributed by atoms with E-state index >= 15 is 0 Å². The van der Waals surface area contributed by atoms with E-state index in [1.165, 1.54) is 0 Å². The molecular weight excluding hydrogens is 284 g/mol. The average molecular weight is 287 g/mol. The Morgan fingerprint density at radius 3 is 2.46 bits per heavy atom.